The van der Waals surface area contributed by atoms with Crippen molar-refractivity contribution in [2.24, 2.45) is 5.73 Å². The van der Waals surface area contributed by atoms with Crippen LogP contribution in [0.4, 0.5) is 5.88 Å². The molecule has 0 aliphatic carbocycles. The highest BCUT2D eigenvalue weighted by atomic mass is 16.5. The number of carbonyl (C=O) groups excluding carboxylic acids is 2. The number of nitrogens with zero attached hydrogens (tertiary/aromatic N) is 4. The highest BCUT2D eigenvalue weighted by Crippen LogP contribution is 2.35. The van der Waals surface area contributed by atoms with E-state index >= 15 is 0 Å². The maximum Gasteiger partial charge on any atom is 0.256 e. The van der Waals surface area contributed by atoms with Gasteiger partial charge in [0.25, 0.3) is 5.91 Å². The average molecular weight is 395 g/mol. The molecule has 0 unspecified atom stereocenters. The number of aromatic nitrogens is 3. The molecule has 1 aromatic carbocycles. The molecule has 29 heavy (non-hydrogen) atoms. The summed E-state index contributed by atoms with van der Waals surface area (Å²) < 4.78 is 7.26. The molecule has 8 nitrogen and oxygen atoms in total. The van der Waals surface area contributed by atoms with E-state index < -0.39 is 5.91 Å². The minimum atomic E-state index is -0.703. The fourth-order valence-corrected chi connectivity index (χ4v) is 3.45. The summed E-state index contributed by atoms with van der Waals surface area (Å²) in [7, 11) is 0. The monoisotopic (exact) mass is 395 g/mol. The molecule has 0 fully saturated rings. The van der Waals surface area contributed by atoms with Crippen LogP contribution < -0.4 is 10.6 Å². The minimum Gasteiger partial charge on any atom is -0.365 e. The summed E-state index contributed by atoms with van der Waals surface area (Å²) in [5.41, 5.74) is 9.09. The van der Waals surface area contributed by atoms with Gasteiger partial charge in [-0.3, -0.25) is 14.5 Å². The zero-order valence-electron chi connectivity index (χ0n) is 17.1. The van der Waals surface area contributed by atoms with E-state index in [-0.39, 0.29) is 17.4 Å². The molecule has 0 aliphatic rings. The molecule has 0 atom stereocenters. The van der Waals surface area contributed by atoms with Gasteiger partial charge >= 0.3 is 0 Å². The Balaban J connectivity index is 2.16. The first-order chi connectivity index (χ1) is 13.9. The molecule has 3 aromatic rings. The number of aryl methyl sites for hydroxylation is 1. The van der Waals surface area contributed by atoms with Gasteiger partial charge in [0, 0.05) is 18.5 Å². The Kier molecular flexibility index (Phi) is 5.81. The first-order valence-electron chi connectivity index (χ1n) is 9.62. The van der Waals surface area contributed by atoms with Crippen LogP contribution in [0, 0.1) is 13.8 Å². The Hall–Kier alpha value is -3.42. The molecular weight excluding hydrogens is 370 g/mol. The maximum absolute atomic E-state index is 12.5. The van der Waals surface area contributed by atoms with E-state index in [4.69, 9.17) is 10.3 Å². The van der Waals surface area contributed by atoms with Gasteiger partial charge in [-0.25, -0.2) is 4.68 Å². The molecule has 0 radical (unpaired) electrons. The number of hydrogen-bond acceptors (Lipinski definition) is 5. The maximum atomic E-state index is 12.5. The fraction of sp³-hybridized carbons (Fsp3) is 0.333. The van der Waals surface area contributed by atoms with E-state index in [2.05, 4.69) is 10.3 Å². The third-order valence-electron chi connectivity index (χ3n) is 4.78. The molecule has 2 aromatic heterocycles. The number of primary amides is 1. The minimum absolute atomic E-state index is 0.0831. The summed E-state index contributed by atoms with van der Waals surface area (Å²) in [5, 5.41) is 8.72. The summed E-state index contributed by atoms with van der Waals surface area (Å²) in [6.45, 7) is 7.79. The molecule has 2 N–H and O–H groups in total. The van der Waals surface area contributed by atoms with Crippen molar-refractivity contribution in [1.29, 1.82) is 0 Å². The van der Waals surface area contributed by atoms with Crippen LogP contribution in [0.15, 0.2) is 34.9 Å². The van der Waals surface area contributed by atoms with E-state index in [9.17, 15) is 9.59 Å². The number of amides is 2. The Bertz CT molecular complexity index is 1040. The lowest BCUT2D eigenvalue weighted by atomic mass is 10.0. The van der Waals surface area contributed by atoms with Crippen LogP contribution in [0.1, 0.15) is 48.4 Å². The third-order valence-corrected chi connectivity index (χ3v) is 4.78. The molecular formula is C21H25N5O3. The Morgan fingerprint density at radius 1 is 1.17 bits per heavy atom. The van der Waals surface area contributed by atoms with Crippen LogP contribution in [-0.4, -0.2) is 33.3 Å². The van der Waals surface area contributed by atoms with Gasteiger partial charge < -0.3 is 10.3 Å². The van der Waals surface area contributed by atoms with E-state index in [0.29, 0.717) is 36.3 Å². The lowest BCUT2D eigenvalue weighted by Crippen LogP contribution is -2.31. The number of benzene rings is 1. The van der Waals surface area contributed by atoms with Gasteiger partial charge in [0.15, 0.2) is 0 Å². The smallest absolute Gasteiger partial charge is 0.256 e. The number of hydrogen-bond donors (Lipinski definition) is 1. The van der Waals surface area contributed by atoms with E-state index in [1.807, 2.05) is 58.0 Å². The second-order valence-corrected chi connectivity index (χ2v) is 6.76. The van der Waals surface area contributed by atoms with Crippen molar-refractivity contribution in [1.82, 2.24) is 14.9 Å². The van der Waals surface area contributed by atoms with Gasteiger partial charge in [-0.1, -0.05) is 30.3 Å². The number of anilines is 1. The predicted molar refractivity (Wildman–Crippen MR) is 110 cm³/mol. The predicted octanol–water partition coefficient (Wildman–Crippen LogP) is 3.40. The zero-order valence-corrected chi connectivity index (χ0v) is 17.1. The lowest BCUT2D eigenvalue weighted by Gasteiger charge is -2.17. The summed E-state index contributed by atoms with van der Waals surface area (Å²) in [6.07, 6.45) is 1.02. The van der Waals surface area contributed by atoms with E-state index in [0.717, 1.165) is 11.4 Å². The zero-order chi connectivity index (χ0) is 21.1. The molecule has 0 aliphatic heterocycles. The molecule has 0 saturated heterocycles. The van der Waals surface area contributed by atoms with Crippen LogP contribution in [0.3, 0.4) is 0 Å². The number of carbonyl (C=O) groups is 2. The normalized spacial score (nSPS) is 10.9. The molecule has 0 saturated carbocycles. The van der Waals surface area contributed by atoms with Crippen LogP contribution in [0.5, 0.6) is 0 Å². The summed E-state index contributed by atoms with van der Waals surface area (Å²) >= 11 is 0. The topological polar surface area (TPSA) is 107 Å². The number of rotatable bonds is 7. The second kappa shape index (κ2) is 8.30. The summed E-state index contributed by atoms with van der Waals surface area (Å²) in [6, 6.07) is 9.65. The first kappa shape index (κ1) is 20.3. The molecule has 2 heterocycles. The Morgan fingerprint density at radius 2 is 1.86 bits per heavy atom. The van der Waals surface area contributed by atoms with Gasteiger partial charge in [0.1, 0.15) is 11.3 Å². The van der Waals surface area contributed by atoms with E-state index in [1.165, 1.54) is 4.90 Å². The largest absolute Gasteiger partial charge is 0.365 e. The Labute approximate surface area is 169 Å². The van der Waals surface area contributed by atoms with Gasteiger partial charge in [0.05, 0.1) is 17.1 Å². The average Bonchev–Trinajstić information content (AvgIpc) is 3.24. The van der Waals surface area contributed by atoms with Gasteiger partial charge in [-0.2, -0.15) is 5.10 Å². The van der Waals surface area contributed by atoms with Crippen LogP contribution >= 0.6 is 0 Å². The molecule has 152 valence electrons. The van der Waals surface area contributed by atoms with Crippen molar-refractivity contribution in [2.45, 2.75) is 40.5 Å². The van der Waals surface area contributed by atoms with Crippen molar-refractivity contribution in [3.8, 4) is 16.9 Å². The van der Waals surface area contributed by atoms with Crippen molar-refractivity contribution < 1.29 is 14.1 Å². The quantitative estimate of drug-likeness (QED) is 0.660. The molecule has 0 spiro atoms. The second-order valence-electron chi connectivity index (χ2n) is 6.76. The Morgan fingerprint density at radius 3 is 2.45 bits per heavy atom. The van der Waals surface area contributed by atoms with E-state index in [1.54, 1.807) is 4.68 Å². The molecule has 3 rings (SSSR count). The van der Waals surface area contributed by atoms with Crippen molar-refractivity contribution >= 4 is 17.7 Å². The van der Waals surface area contributed by atoms with Crippen LogP contribution in [-0.2, 0) is 4.79 Å². The first-order valence-corrected chi connectivity index (χ1v) is 9.62. The van der Waals surface area contributed by atoms with Crippen molar-refractivity contribution in [2.75, 3.05) is 11.4 Å². The van der Waals surface area contributed by atoms with Gasteiger partial charge in [-0.05, 0) is 39.3 Å². The SMILES string of the molecule is CCCC(=O)N(CC)c1onc(-c2c(C)nn(-c3ccccc3)c2C)c1C(N)=O. The summed E-state index contributed by atoms with van der Waals surface area (Å²) in [4.78, 5) is 26.2. The third kappa shape index (κ3) is 3.65. The lowest BCUT2D eigenvalue weighted by molar-refractivity contribution is -0.118. The van der Waals surface area contributed by atoms with Crippen molar-refractivity contribution in [3.63, 3.8) is 0 Å². The highest BCUT2D eigenvalue weighted by molar-refractivity contribution is 6.07. The van der Waals surface area contributed by atoms with Gasteiger partial charge in [-0.15, -0.1) is 0 Å². The highest BCUT2D eigenvalue weighted by Gasteiger charge is 2.31. The van der Waals surface area contributed by atoms with Crippen LogP contribution in [0.25, 0.3) is 16.9 Å². The van der Waals surface area contributed by atoms with Crippen LogP contribution in [0.2, 0.25) is 0 Å². The van der Waals surface area contributed by atoms with Gasteiger partial charge in [0.2, 0.25) is 11.8 Å². The molecule has 8 heteroatoms. The molecule has 0 bridgehead atoms. The number of nitrogens with two attached hydrogens (primary N) is 1. The fourth-order valence-electron chi connectivity index (χ4n) is 3.45. The van der Waals surface area contributed by atoms with Crippen molar-refractivity contribution in [3.05, 3.63) is 47.3 Å². The summed E-state index contributed by atoms with van der Waals surface area (Å²) in [5.74, 6) is -0.765. The standard InChI is InChI=1S/C21H25N5O3/c1-5-10-16(27)25(6-2)21-18(20(22)28)19(24-29-21)17-13(3)23-26(14(17)4)15-11-8-7-9-12-15/h7-9,11-12H,5-6,10H2,1-4H3,(H2,22,28). The molecule has 2 amide bonds. The number of para-hydroxylation sites is 1.